The quantitative estimate of drug-likeness (QED) is 0.553. The molecule has 0 saturated carbocycles. The smallest absolute Gasteiger partial charge is 0.354 e. The summed E-state index contributed by atoms with van der Waals surface area (Å²) in [6, 6.07) is 10.6. The first-order valence-corrected chi connectivity index (χ1v) is 8.91. The molecule has 0 aliphatic carbocycles. The molecule has 0 N–H and O–H groups in total. The Morgan fingerprint density at radius 2 is 1.57 bits per heavy atom. The standard InChI is InChI=1S/C21H19NO8/c1-12(23)22-11-18(30-17-7-5-4-6-16(17)22)21(26)29-15-9-13(19(24)27-2)8-14(10-15)20(25)28-3/h4-10,18H,11H2,1-3H3/t18-/m0/s1. The van der Waals surface area contributed by atoms with E-state index in [1.54, 1.807) is 24.3 Å². The van der Waals surface area contributed by atoms with Gasteiger partial charge in [-0.3, -0.25) is 4.79 Å². The predicted molar refractivity (Wildman–Crippen MR) is 104 cm³/mol. The molecule has 0 saturated heterocycles. The van der Waals surface area contributed by atoms with E-state index >= 15 is 0 Å². The highest BCUT2D eigenvalue weighted by atomic mass is 16.6. The summed E-state index contributed by atoms with van der Waals surface area (Å²) in [5.41, 5.74) is 0.557. The van der Waals surface area contributed by atoms with Crippen molar-refractivity contribution in [1.82, 2.24) is 0 Å². The Labute approximate surface area is 172 Å². The molecule has 0 aromatic heterocycles. The Hall–Kier alpha value is -3.88. The summed E-state index contributed by atoms with van der Waals surface area (Å²) in [6.07, 6.45) is -1.10. The number of hydrogen-bond donors (Lipinski definition) is 0. The molecule has 2 aromatic rings. The number of rotatable bonds is 4. The van der Waals surface area contributed by atoms with Gasteiger partial charge in [0.1, 0.15) is 11.5 Å². The van der Waals surface area contributed by atoms with Crippen LogP contribution in [0.4, 0.5) is 5.69 Å². The molecule has 0 fully saturated rings. The Morgan fingerprint density at radius 3 is 2.13 bits per heavy atom. The van der Waals surface area contributed by atoms with E-state index in [4.69, 9.17) is 9.47 Å². The SMILES string of the molecule is COC(=O)c1cc(OC(=O)[C@@H]2CN(C(C)=O)c3ccccc3O2)cc(C(=O)OC)c1. The number of benzene rings is 2. The number of esters is 3. The van der Waals surface area contributed by atoms with Gasteiger partial charge in [0, 0.05) is 6.92 Å². The Morgan fingerprint density at radius 1 is 0.967 bits per heavy atom. The second-order valence-corrected chi connectivity index (χ2v) is 6.35. The first-order chi connectivity index (χ1) is 14.3. The van der Waals surface area contributed by atoms with E-state index in [-0.39, 0.29) is 29.3 Å². The van der Waals surface area contributed by atoms with E-state index in [1.165, 1.54) is 44.2 Å². The van der Waals surface area contributed by atoms with Gasteiger partial charge in [-0.1, -0.05) is 12.1 Å². The van der Waals surface area contributed by atoms with Crippen molar-refractivity contribution in [3.63, 3.8) is 0 Å². The van der Waals surface area contributed by atoms with Crippen molar-refractivity contribution >= 4 is 29.5 Å². The lowest BCUT2D eigenvalue weighted by Crippen LogP contribution is -2.47. The van der Waals surface area contributed by atoms with Crippen LogP contribution in [0.25, 0.3) is 0 Å². The van der Waals surface area contributed by atoms with Crippen molar-refractivity contribution in [2.45, 2.75) is 13.0 Å². The number of ether oxygens (including phenoxy) is 4. The van der Waals surface area contributed by atoms with Gasteiger partial charge in [-0.25, -0.2) is 14.4 Å². The monoisotopic (exact) mass is 413 g/mol. The molecule has 1 heterocycles. The van der Waals surface area contributed by atoms with E-state index < -0.39 is 24.0 Å². The van der Waals surface area contributed by atoms with Crippen LogP contribution in [0.15, 0.2) is 42.5 Å². The third kappa shape index (κ3) is 4.24. The molecule has 9 nitrogen and oxygen atoms in total. The van der Waals surface area contributed by atoms with Crippen molar-refractivity contribution in [1.29, 1.82) is 0 Å². The van der Waals surface area contributed by atoms with Crippen LogP contribution >= 0.6 is 0 Å². The van der Waals surface area contributed by atoms with Crippen LogP contribution in [0, 0.1) is 0 Å². The predicted octanol–water partition coefficient (Wildman–Crippen LogP) is 1.98. The van der Waals surface area contributed by atoms with Crippen LogP contribution in [-0.2, 0) is 19.1 Å². The number of amides is 1. The van der Waals surface area contributed by atoms with E-state index in [1.807, 2.05) is 0 Å². The number of fused-ring (bicyclic) bond motifs is 1. The number of hydrogen-bond acceptors (Lipinski definition) is 8. The molecule has 0 spiro atoms. The van der Waals surface area contributed by atoms with Crippen molar-refractivity contribution in [2.75, 3.05) is 25.7 Å². The summed E-state index contributed by atoms with van der Waals surface area (Å²) in [4.78, 5) is 49.9. The summed E-state index contributed by atoms with van der Waals surface area (Å²) in [7, 11) is 2.37. The molecule has 1 aliphatic heterocycles. The molecule has 2 aromatic carbocycles. The normalized spacial score (nSPS) is 14.8. The van der Waals surface area contributed by atoms with E-state index in [0.717, 1.165) is 0 Å². The van der Waals surface area contributed by atoms with Gasteiger partial charge in [0.15, 0.2) is 0 Å². The topological polar surface area (TPSA) is 108 Å². The molecular weight excluding hydrogens is 394 g/mol. The first-order valence-electron chi connectivity index (χ1n) is 8.91. The fraction of sp³-hybridized carbons (Fsp3) is 0.238. The third-order valence-electron chi connectivity index (χ3n) is 4.38. The van der Waals surface area contributed by atoms with Crippen LogP contribution in [0.2, 0.25) is 0 Å². The van der Waals surface area contributed by atoms with Crippen LogP contribution in [0.3, 0.4) is 0 Å². The molecule has 3 rings (SSSR count). The molecule has 0 bridgehead atoms. The zero-order valence-corrected chi connectivity index (χ0v) is 16.5. The summed E-state index contributed by atoms with van der Waals surface area (Å²) in [5, 5.41) is 0. The zero-order chi connectivity index (χ0) is 21.8. The fourth-order valence-corrected chi connectivity index (χ4v) is 2.97. The van der Waals surface area contributed by atoms with Gasteiger partial charge in [0.2, 0.25) is 12.0 Å². The van der Waals surface area contributed by atoms with Crippen LogP contribution in [0.5, 0.6) is 11.5 Å². The maximum absolute atomic E-state index is 12.7. The zero-order valence-electron chi connectivity index (χ0n) is 16.5. The van der Waals surface area contributed by atoms with Crippen molar-refractivity contribution in [2.24, 2.45) is 0 Å². The summed E-state index contributed by atoms with van der Waals surface area (Å²) in [5.74, 6) is -2.20. The first kappa shape index (κ1) is 20.8. The van der Waals surface area contributed by atoms with Gasteiger partial charge >= 0.3 is 17.9 Å². The fourth-order valence-electron chi connectivity index (χ4n) is 2.97. The molecule has 0 unspecified atom stereocenters. The summed E-state index contributed by atoms with van der Waals surface area (Å²) >= 11 is 0. The minimum atomic E-state index is -1.10. The molecule has 156 valence electrons. The van der Waals surface area contributed by atoms with E-state index in [2.05, 4.69) is 9.47 Å². The van der Waals surface area contributed by atoms with Crippen LogP contribution in [-0.4, -0.2) is 50.7 Å². The second kappa shape index (κ2) is 8.64. The number of para-hydroxylation sites is 2. The van der Waals surface area contributed by atoms with E-state index in [0.29, 0.717) is 11.4 Å². The van der Waals surface area contributed by atoms with Gasteiger partial charge in [-0.2, -0.15) is 0 Å². The summed E-state index contributed by atoms with van der Waals surface area (Å²) in [6.45, 7) is 1.33. The highest BCUT2D eigenvalue weighted by Gasteiger charge is 2.34. The number of methoxy groups -OCH3 is 2. The average molecular weight is 413 g/mol. The number of carbonyl (C=O) groups excluding carboxylic acids is 4. The van der Waals surface area contributed by atoms with Crippen molar-refractivity contribution in [3.8, 4) is 11.5 Å². The molecule has 1 aliphatic rings. The maximum Gasteiger partial charge on any atom is 0.354 e. The molecular formula is C21H19NO8. The Bertz CT molecular complexity index is 982. The number of nitrogens with zero attached hydrogens (tertiary/aromatic N) is 1. The Kier molecular flexibility index (Phi) is 6.01. The van der Waals surface area contributed by atoms with Gasteiger partial charge in [0.05, 0.1) is 37.6 Å². The van der Waals surface area contributed by atoms with Crippen molar-refractivity contribution in [3.05, 3.63) is 53.6 Å². The minimum absolute atomic E-state index is 0.00321. The van der Waals surface area contributed by atoms with Crippen LogP contribution in [0.1, 0.15) is 27.6 Å². The molecule has 30 heavy (non-hydrogen) atoms. The number of anilines is 1. The van der Waals surface area contributed by atoms with Gasteiger partial charge < -0.3 is 23.8 Å². The molecule has 1 atom stereocenters. The average Bonchev–Trinajstić information content (AvgIpc) is 2.76. The van der Waals surface area contributed by atoms with Crippen LogP contribution < -0.4 is 14.4 Å². The summed E-state index contributed by atoms with van der Waals surface area (Å²) < 4.78 is 20.4. The van der Waals surface area contributed by atoms with Gasteiger partial charge in [-0.15, -0.1) is 0 Å². The molecule has 0 radical (unpaired) electrons. The Balaban J connectivity index is 1.87. The lowest BCUT2D eigenvalue weighted by Gasteiger charge is -2.33. The molecule has 1 amide bonds. The maximum atomic E-state index is 12.7. The van der Waals surface area contributed by atoms with Gasteiger partial charge in [0.25, 0.3) is 0 Å². The highest BCUT2D eigenvalue weighted by molar-refractivity contribution is 5.97. The number of carbonyl (C=O) groups is 4. The molecule has 9 heteroatoms. The van der Waals surface area contributed by atoms with Crippen molar-refractivity contribution < 1.29 is 38.1 Å². The lowest BCUT2D eigenvalue weighted by molar-refractivity contribution is -0.142. The third-order valence-corrected chi connectivity index (χ3v) is 4.38. The second-order valence-electron chi connectivity index (χ2n) is 6.35. The minimum Gasteiger partial charge on any atom is -0.475 e. The lowest BCUT2D eigenvalue weighted by atomic mass is 10.1. The largest absolute Gasteiger partial charge is 0.475 e. The van der Waals surface area contributed by atoms with Gasteiger partial charge in [-0.05, 0) is 30.3 Å². The van der Waals surface area contributed by atoms with E-state index in [9.17, 15) is 19.2 Å². The highest BCUT2D eigenvalue weighted by Crippen LogP contribution is 2.33.